The van der Waals surface area contributed by atoms with Gasteiger partial charge in [-0.25, -0.2) is 0 Å². The van der Waals surface area contributed by atoms with E-state index in [4.69, 9.17) is 4.74 Å². The number of carbonyl (C=O) groups excluding carboxylic acids is 1. The second-order valence-electron chi connectivity index (χ2n) is 6.75. The second kappa shape index (κ2) is 7.51. The van der Waals surface area contributed by atoms with Crippen molar-refractivity contribution in [2.24, 2.45) is 5.92 Å². The molecule has 2 heterocycles. The summed E-state index contributed by atoms with van der Waals surface area (Å²) in [6, 6.07) is 10.2. The first kappa shape index (κ1) is 17.2. The van der Waals surface area contributed by atoms with Crippen LogP contribution in [-0.4, -0.2) is 23.5 Å². The first-order valence-electron chi connectivity index (χ1n) is 8.71. The predicted octanol–water partition coefficient (Wildman–Crippen LogP) is 3.69. The highest BCUT2D eigenvalue weighted by Crippen LogP contribution is 2.38. The van der Waals surface area contributed by atoms with E-state index in [2.05, 4.69) is 29.4 Å². The standard InChI is InChI=1S/C21H24N2O2/c1-14(2)9-10-19(24)23-13-17-12-16-7-4-8-18(21(16)25-17)20-15(3)6-5-11-22-20/h4-11,14,17H,12-13H2,1-3H3,(H,23,24)/b10-9+/t17-/m1/s1. The number of allylic oxidation sites excluding steroid dienone is 1. The Morgan fingerprint density at radius 3 is 2.96 bits per heavy atom. The van der Waals surface area contributed by atoms with E-state index in [1.54, 1.807) is 12.3 Å². The normalized spacial score (nSPS) is 16.1. The summed E-state index contributed by atoms with van der Waals surface area (Å²) in [5, 5.41) is 2.92. The van der Waals surface area contributed by atoms with Gasteiger partial charge in [-0.2, -0.15) is 0 Å². The smallest absolute Gasteiger partial charge is 0.243 e. The van der Waals surface area contributed by atoms with Crippen molar-refractivity contribution in [2.45, 2.75) is 33.3 Å². The SMILES string of the molecule is Cc1cccnc1-c1cccc2c1O[C@@H](CNC(=O)/C=C/C(C)C)C2. The molecule has 0 aliphatic carbocycles. The molecule has 1 N–H and O–H groups in total. The lowest BCUT2D eigenvalue weighted by atomic mass is 10.0. The van der Waals surface area contributed by atoms with Crippen LogP contribution in [0, 0.1) is 12.8 Å². The molecule has 0 fully saturated rings. The van der Waals surface area contributed by atoms with E-state index in [0.29, 0.717) is 12.5 Å². The fraction of sp³-hybridized carbons (Fsp3) is 0.333. The highest BCUT2D eigenvalue weighted by Gasteiger charge is 2.26. The molecule has 1 aromatic carbocycles. The molecule has 0 radical (unpaired) electrons. The average Bonchev–Trinajstić information content (AvgIpc) is 3.02. The Balaban J connectivity index is 1.70. The van der Waals surface area contributed by atoms with E-state index in [1.807, 2.05) is 38.1 Å². The second-order valence-corrected chi connectivity index (χ2v) is 6.75. The molecule has 0 spiro atoms. The molecule has 4 heteroatoms. The molecule has 3 rings (SSSR count). The molecule has 0 saturated carbocycles. The number of nitrogens with one attached hydrogen (secondary N) is 1. The molecular formula is C21H24N2O2. The van der Waals surface area contributed by atoms with Crippen molar-refractivity contribution < 1.29 is 9.53 Å². The van der Waals surface area contributed by atoms with Crippen molar-refractivity contribution in [3.05, 3.63) is 59.8 Å². The van der Waals surface area contributed by atoms with E-state index in [1.165, 1.54) is 5.56 Å². The summed E-state index contributed by atoms with van der Waals surface area (Å²) in [7, 11) is 0. The van der Waals surface area contributed by atoms with Gasteiger partial charge < -0.3 is 10.1 Å². The van der Waals surface area contributed by atoms with Gasteiger partial charge in [-0.3, -0.25) is 9.78 Å². The highest BCUT2D eigenvalue weighted by molar-refractivity contribution is 5.87. The number of hydrogen-bond acceptors (Lipinski definition) is 3. The van der Waals surface area contributed by atoms with Gasteiger partial charge in [0.2, 0.25) is 5.91 Å². The Morgan fingerprint density at radius 2 is 2.20 bits per heavy atom. The zero-order valence-electron chi connectivity index (χ0n) is 15.0. The monoisotopic (exact) mass is 336 g/mol. The highest BCUT2D eigenvalue weighted by atomic mass is 16.5. The maximum absolute atomic E-state index is 11.8. The maximum Gasteiger partial charge on any atom is 0.243 e. The maximum atomic E-state index is 11.8. The molecule has 1 aliphatic heterocycles. The van der Waals surface area contributed by atoms with Gasteiger partial charge in [0.15, 0.2) is 0 Å². The Bertz CT molecular complexity index is 796. The van der Waals surface area contributed by atoms with E-state index in [9.17, 15) is 4.79 Å². The van der Waals surface area contributed by atoms with Gasteiger partial charge in [-0.15, -0.1) is 0 Å². The minimum atomic E-state index is -0.0750. The van der Waals surface area contributed by atoms with Crippen molar-refractivity contribution in [3.63, 3.8) is 0 Å². The third-order valence-corrected chi connectivity index (χ3v) is 4.23. The molecule has 0 saturated heterocycles. The third kappa shape index (κ3) is 4.08. The summed E-state index contributed by atoms with van der Waals surface area (Å²) < 4.78 is 6.14. The molecule has 2 aromatic rings. The van der Waals surface area contributed by atoms with Crippen molar-refractivity contribution in [2.75, 3.05) is 6.54 Å². The van der Waals surface area contributed by atoms with Crippen LogP contribution in [0.15, 0.2) is 48.7 Å². The Kier molecular flexibility index (Phi) is 5.17. The largest absolute Gasteiger partial charge is 0.487 e. The zero-order valence-corrected chi connectivity index (χ0v) is 15.0. The molecule has 1 aromatic heterocycles. The lowest BCUT2D eigenvalue weighted by molar-refractivity contribution is -0.116. The summed E-state index contributed by atoms with van der Waals surface area (Å²) in [6.07, 6.45) is 6.03. The number of nitrogens with zero attached hydrogens (tertiary/aromatic N) is 1. The van der Waals surface area contributed by atoms with Crippen molar-refractivity contribution >= 4 is 5.91 Å². The Hall–Kier alpha value is -2.62. The van der Waals surface area contributed by atoms with Crippen LogP contribution in [0.4, 0.5) is 0 Å². The van der Waals surface area contributed by atoms with E-state index in [0.717, 1.165) is 29.0 Å². The van der Waals surface area contributed by atoms with E-state index >= 15 is 0 Å². The van der Waals surface area contributed by atoms with Gasteiger partial charge in [0.25, 0.3) is 0 Å². The van der Waals surface area contributed by atoms with Gasteiger partial charge in [0.1, 0.15) is 11.9 Å². The minimum absolute atomic E-state index is 0.0448. The van der Waals surface area contributed by atoms with Crippen LogP contribution >= 0.6 is 0 Å². The molecule has 4 nitrogen and oxygen atoms in total. The topological polar surface area (TPSA) is 51.2 Å². The predicted molar refractivity (Wildman–Crippen MR) is 99.5 cm³/mol. The van der Waals surface area contributed by atoms with Crippen LogP contribution in [0.2, 0.25) is 0 Å². The minimum Gasteiger partial charge on any atom is -0.487 e. The van der Waals surface area contributed by atoms with Crippen LogP contribution in [0.25, 0.3) is 11.3 Å². The first-order valence-corrected chi connectivity index (χ1v) is 8.71. The van der Waals surface area contributed by atoms with Crippen LogP contribution in [0.3, 0.4) is 0 Å². The third-order valence-electron chi connectivity index (χ3n) is 4.23. The lowest BCUT2D eigenvalue weighted by Gasteiger charge is -2.13. The van der Waals surface area contributed by atoms with Gasteiger partial charge in [-0.05, 0) is 42.2 Å². The molecule has 1 atom stereocenters. The molecule has 0 unspecified atom stereocenters. The fourth-order valence-corrected chi connectivity index (χ4v) is 2.96. The number of aryl methyl sites for hydroxylation is 1. The number of rotatable bonds is 5. The molecule has 1 amide bonds. The van der Waals surface area contributed by atoms with Crippen LogP contribution in [0.1, 0.15) is 25.0 Å². The van der Waals surface area contributed by atoms with Crippen molar-refractivity contribution in [1.82, 2.24) is 10.3 Å². The number of carbonyl (C=O) groups is 1. The van der Waals surface area contributed by atoms with E-state index in [-0.39, 0.29) is 12.0 Å². The van der Waals surface area contributed by atoms with Gasteiger partial charge in [0.05, 0.1) is 12.2 Å². The van der Waals surface area contributed by atoms with Crippen molar-refractivity contribution in [1.29, 1.82) is 0 Å². The molecule has 25 heavy (non-hydrogen) atoms. The number of para-hydroxylation sites is 1. The van der Waals surface area contributed by atoms with Crippen LogP contribution < -0.4 is 10.1 Å². The first-order chi connectivity index (χ1) is 12.0. The molecule has 0 bridgehead atoms. The molecule has 130 valence electrons. The Labute approximate surface area is 148 Å². The van der Waals surface area contributed by atoms with Gasteiger partial charge in [-0.1, -0.05) is 38.1 Å². The van der Waals surface area contributed by atoms with Gasteiger partial charge >= 0.3 is 0 Å². The summed E-state index contributed by atoms with van der Waals surface area (Å²) >= 11 is 0. The van der Waals surface area contributed by atoms with Gasteiger partial charge in [0, 0.05) is 18.2 Å². The molecule has 1 aliphatic rings. The number of aromatic nitrogens is 1. The van der Waals surface area contributed by atoms with Crippen LogP contribution in [0.5, 0.6) is 5.75 Å². The number of benzene rings is 1. The summed E-state index contributed by atoms with van der Waals surface area (Å²) in [6.45, 7) is 6.63. The summed E-state index contributed by atoms with van der Waals surface area (Å²) in [5.41, 5.74) is 4.25. The lowest BCUT2D eigenvalue weighted by Crippen LogP contribution is -2.33. The summed E-state index contributed by atoms with van der Waals surface area (Å²) in [5.74, 6) is 1.18. The number of pyridine rings is 1. The number of amides is 1. The van der Waals surface area contributed by atoms with E-state index < -0.39 is 0 Å². The fourth-order valence-electron chi connectivity index (χ4n) is 2.96. The Morgan fingerprint density at radius 1 is 1.36 bits per heavy atom. The number of fused-ring (bicyclic) bond motifs is 1. The van der Waals surface area contributed by atoms with Crippen molar-refractivity contribution in [3.8, 4) is 17.0 Å². The van der Waals surface area contributed by atoms with Crippen LogP contribution in [-0.2, 0) is 11.2 Å². The molecular weight excluding hydrogens is 312 g/mol. The number of ether oxygens (including phenoxy) is 1. The number of hydrogen-bond donors (Lipinski definition) is 1. The quantitative estimate of drug-likeness (QED) is 0.847. The summed E-state index contributed by atoms with van der Waals surface area (Å²) in [4.78, 5) is 16.4. The zero-order chi connectivity index (χ0) is 17.8. The average molecular weight is 336 g/mol.